The number of likely N-dealkylation sites (tertiary alicyclic amines) is 1. The number of aliphatic imine (C=N–C) groups is 1. The summed E-state index contributed by atoms with van der Waals surface area (Å²) in [6, 6.07) is 5.05. The van der Waals surface area contributed by atoms with Gasteiger partial charge in [0, 0.05) is 26.7 Å². The lowest BCUT2D eigenvalue weighted by Crippen LogP contribution is -2.39. The molecule has 7 heteroatoms. The van der Waals surface area contributed by atoms with Crippen LogP contribution in [0.3, 0.4) is 0 Å². The largest absolute Gasteiger partial charge is 0.493 e. The van der Waals surface area contributed by atoms with Crippen LogP contribution in [0.15, 0.2) is 23.2 Å². The van der Waals surface area contributed by atoms with E-state index < -0.39 is 6.61 Å². The van der Waals surface area contributed by atoms with Crippen molar-refractivity contribution in [3.05, 3.63) is 23.8 Å². The third-order valence-electron chi connectivity index (χ3n) is 5.38. The smallest absolute Gasteiger partial charge is 0.387 e. The molecular formula is C19H27F2N3O2. The van der Waals surface area contributed by atoms with Crippen LogP contribution in [0, 0.1) is 11.8 Å². The van der Waals surface area contributed by atoms with E-state index in [0.717, 1.165) is 36.4 Å². The molecule has 3 rings (SSSR count). The molecule has 2 fully saturated rings. The molecule has 1 aromatic carbocycles. The maximum atomic E-state index is 12.6. The summed E-state index contributed by atoms with van der Waals surface area (Å²) in [4.78, 5) is 6.72. The lowest BCUT2D eigenvalue weighted by Gasteiger charge is -2.22. The maximum absolute atomic E-state index is 12.6. The fraction of sp³-hybridized carbons (Fsp3) is 0.632. The van der Waals surface area contributed by atoms with Crippen molar-refractivity contribution in [3.63, 3.8) is 0 Å². The number of benzene rings is 1. The number of methoxy groups -OCH3 is 1. The topological polar surface area (TPSA) is 46.1 Å². The third-order valence-corrected chi connectivity index (χ3v) is 5.38. The quantitative estimate of drug-likeness (QED) is 0.639. The Labute approximate surface area is 153 Å². The zero-order valence-corrected chi connectivity index (χ0v) is 15.4. The minimum atomic E-state index is -2.88. The average Bonchev–Trinajstić information content (AvgIpc) is 3.06. The second-order valence-electron chi connectivity index (χ2n) is 6.97. The van der Waals surface area contributed by atoms with Crippen molar-refractivity contribution in [2.24, 2.45) is 16.8 Å². The van der Waals surface area contributed by atoms with Crippen LogP contribution in [0.4, 0.5) is 8.78 Å². The molecule has 26 heavy (non-hydrogen) atoms. The van der Waals surface area contributed by atoms with Crippen molar-refractivity contribution < 1.29 is 18.3 Å². The Morgan fingerprint density at radius 2 is 1.92 bits per heavy atom. The number of nitrogens with one attached hydrogen (secondary N) is 1. The van der Waals surface area contributed by atoms with Crippen LogP contribution in [-0.4, -0.2) is 44.7 Å². The van der Waals surface area contributed by atoms with Crippen LogP contribution in [0.2, 0.25) is 0 Å². The molecule has 5 nitrogen and oxygen atoms in total. The number of guanidine groups is 1. The summed E-state index contributed by atoms with van der Waals surface area (Å²) in [5, 5.41) is 3.35. The Morgan fingerprint density at radius 1 is 1.23 bits per heavy atom. The Balaban J connectivity index is 1.62. The minimum Gasteiger partial charge on any atom is -0.493 e. The zero-order chi connectivity index (χ0) is 18.5. The van der Waals surface area contributed by atoms with Gasteiger partial charge in [0.2, 0.25) is 0 Å². The number of rotatable bonds is 5. The number of hydrogen-bond acceptors (Lipinski definition) is 3. The van der Waals surface area contributed by atoms with E-state index in [1.54, 1.807) is 19.2 Å². The number of nitrogens with zero attached hydrogens (tertiary/aromatic N) is 2. The maximum Gasteiger partial charge on any atom is 0.387 e. The van der Waals surface area contributed by atoms with Gasteiger partial charge in [0.1, 0.15) is 0 Å². The molecular weight excluding hydrogens is 340 g/mol. The van der Waals surface area contributed by atoms with Gasteiger partial charge < -0.3 is 19.7 Å². The highest BCUT2D eigenvalue weighted by molar-refractivity contribution is 5.80. The molecule has 2 atom stereocenters. The van der Waals surface area contributed by atoms with Gasteiger partial charge in [0.15, 0.2) is 17.5 Å². The van der Waals surface area contributed by atoms with Crippen LogP contribution in [-0.2, 0) is 6.54 Å². The molecule has 0 amide bonds. The van der Waals surface area contributed by atoms with Gasteiger partial charge in [-0.2, -0.15) is 8.78 Å². The standard InChI is InChI=1S/C19H27F2N3O2/c1-22-19(24-11-14-5-3-4-6-15(14)12-24)23-10-13-7-8-16(25-2)17(9-13)26-18(20)21/h7-9,14-15,18H,3-6,10-12H2,1-2H3,(H,22,23). The van der Waals surface area contributed by atoms with E-state index in [0.29, 0.717) is 12.3 Å². The fourth-order valence-electron chi connectivity index (χ4n) is 4.11. The number of ether oxygens (including phenoxy) is 2. The van der Waals surface area contributed by atoms with Crippen molar-refractivity contribution in [2.45, 2.75) is 38.8 Å². The Kier molecular flexibility index (Phi) is 6.16. The fourth-order valence-corrected chi connectivity index (χ4v) is 4.11. The normalized spacial score (nSPS) is 23.1. The third kappa shape index (κ3) is 4.37. The van der Waals surface area contributed by atoms with Crippen LogP contribution in [0.25, 0.3) is 0 Å². The summed E-state index contributed by atoms with van der Waals surface area (Å²) in [5.41, 5.74) is 0.833. The molecule has 1 aliphatic heterocycles. The highest BCUT2D eigenvalue weighted by Gasteiger charge is 2.35. The summed E-state index contributed by atoms with van der Waals surface area (Å²) >= 11 is 0. The van der Waals surface area contributed by atoms with Gasteiger partial charge in [0.25, 0.3) is 0 Å². The molecule has 0 radical (unpaired) electrons. The molecule has 1 aliphatic carbocycles. The monoisotopic (exact) mass is 367 g/mol. The van der Waals surface area contributed by atoms with Crippen molar-refractivity contribution >= 4 is 5.96 Å². The molecule has 1 aromatic rings. The van der Waals surface area contributed by atoms with Gasteiger partial charge in [-0.3, -0.25) is 4.99 Å². The van der Waals surface area contributed by atoms with Crippen LogP contribution < -0.4 is 14.8 Å². The summed E-state index contributed by atoms with van der Waals surface area (Å²) < 4.78 is 34.8. The van der Waals surface area contributed by atoms with Gasteiger partial charge in [-0.1, -0.05) is 18.9 Å². The second kappa shape index (κ2) is 8.56. The predicted octanol–water partition coefficient (Wildman–Crippen LogP) is 3.49. The molecule has 2 aliphatic rings. The number of alkyl halides is 2. The summed E-state index contributed by atoms with van der Waals surface area (Å²) in [6.07, 6.45) is 5.29. The van der Waals surface area contributed by atoms with Crippen molar-refractivity contribution in [1.82, 2.24) is 10.2 Å². The van der Waals surface area contributed by atoms with Crippen molar-refractivity contribution in [2.75, 3.05) is 27.2 Å². The molecule has 0 aromatic heterocycles. The molecule has 1 saturated carbocycles. The second-order valence-corrected chi connectivity index (χ2v) is 6.97. The van der Waals surface area contributed by atoms with Crippen molar-refractivity contribution in [3.8, 4) is 11.5 Å². The van der Waals surface area contributed by atoms with E-state index >= 15 is 0 Å². The van der Waals surface area contributed by atoms with E-state index in [9.17, 15) is 8.78 Å². The first kappa shape index (κ1) is 18.7. The van der Waals surface area contributed by atoms with Crippen LogP contribution in [0.1, 0.15) is 31.2 Å². The molecule has 144 valence electrons. The van der Waals surface area contributed by atoms with Gasteiger partial charge in [-0.05, 0) is 42.4 Å². The molecule has 0 spiro atoms. The van der Waals surface area contributed by atoms with Crippen LogP contribution >= 0.6 is 0 Å². The molecule has 1 N–H and O–H groups in total. The molecule has 2 unspecified atom stereocenters. The van der Waals surface area contributed by atoms with Gasteiger partial charge in [-0.25, -0.2) is 0 Å². The molecule has 1 saturated heterocycles. The van der Waals surface area contributed by atoms with E-state index in [1.807, 2.05) is 6.07 Å². The van der Waals surface area contributed by atoms with Gasteiger partial charge in [-0.15, -0.1) is 0 Å². The Morgan fingerprint density at radius 3 is 2.50 bits per heavy atom. The zero-order valence-electron chi connectivity index (χ0n) is 15.4. The first-order valence-corrected chi connectivity index (χ1v) is 9.18. The van der Waals surface area contributed by atoms with E-state index in [2.05, 4.69) is 19.9 Å². The lowest BCUT2D eigenvalue weighted by atomic mass is 9.82. The van der Waals surface area contributed by atoms with Gasteiger partial charge >= 0.3 is 6.61 Å². The van der Waals surface area contributed by atoms with Crippen LogP contribution in [0.5, 0.6) is 11.5 Å². The van der Waals surface area contributed by atoms with E-state index in [1.165, 1.54) is 32.8 Å². The highest BCUT2D eigenvalue weighted by Crippen LogP contribution is 2.36. The highest BCUT2D eigenvalue weighted by atomic mass is 19.3. The first-order chi connectivity index (χ1) is 12.6. The number of halogens is 2. The number of fused-ring (bicyclic) bond motifs is 1. The minimum absolute atomic E-state index is 0.0454. The molecule has 1 heterocycles. The predicted molar refractivity (Wildman–Crippen MR) is 96.8 cm³/mol. The Bertz CT molecular complexity index is 625. The van der Waals surface area contributed by atoms with E-state index in [4.69, 9.17) is 4.74 Å². The SMILES string of the molecule is CN=C(NCc1ccc(OC)c(OC(F)F)c1)N1CC2CCCCC2C1. The lowest BCUT2D eigenvalue weighted by molar-refractivity contribution is -0.0512. The number of hydrogen-bond donors (Lipinski definition) is 1. The first-order valence-electron chi connectivity index (χ1n) is 9.18. The van der Waals surface area contributed by atoms with Gasteiger partial charge in [0.05, 0.1) is 7.11 Å². The molecule has 0 bridgehead atoms. The van der Waals surface area contributed by atoms with Crippen molar-refractivity contribution in [1.29, 1.82) is 0 Å². The average molecular weight is 367 g/mol. The summed E-state index contributed by atoms with van der Waals surface area (Å²) in [7, 11) is 3.21. The van der Waals surface area contributed by atoms with E-state index in [-0.39, 0.29) is 5.75 Å². The summed E-state index contributed by atoms with van der Waals surface area (Å²) in [6.45, 7) is -0.297. The Hall–Kier alpha value is -2.05. The summed E-state index contributed by atoms with van der Waals surface area (Å²) in [5.74, 6) is 2.75.